The summed E-state index contributed by atoms with van der Waals surface area (Å²) < 4.78 is 31.7. The Morgan fingerprint density at radius 3 is 2.32 bits per heavy atom. The lowest BCUT2D eigenvalue weighted by atomic mass is 10.1. The van der Waals surface area contributed by atoms with Gasteiger partial charge in [0.15, 0.2) is 6.10 Å². The predicted octanol–water partition coefficient (Wildman–Crippen LogP) is 1.71. The predicted molar refractivity (Wildman–Crippen MR) is 94.8 cm³/mol. The monoisotopic (exact) mass is 370 g/mol. The Morgan fingerprint density at radius 2 is 1.80 bits per heavy atom. The van der Waals surface area contributed by atoms with Crippen molar-refractivity contribution in [1.82, 2.24) is 9.62 Å². The maximum absolute atomic E-state index is 12.6. The van der Waals surface area contributed by atoms with Crippen molar-refractivity contribution in [3.8, 4) is 0 Å². The summed E-state index contributed by atoms with van der Waals surface area (Å²) in [5.74, 6) is -1.13. The van der Waals surface area contributed by atoms with Crippen LogP contribution in [0.5, 0.6) is 0 Å². The lowest BCUT2D eigenvalue weighted by Crippen LogP contribution is -2.35. The highest BCUT2D eigenvalue weighted by atomic mass is 32.2. The lowest BCUT2D eigenvalue weighted by Gasteiger charge is -2.19. The van der Waals surface area contributed by atoms with Crippen LogP contribution in [0.2, 0.25) is 0 Å². The Kier molecular flexibility index (Phi) is 7.57. The van der Waals surface area contributed by atoms with Gasteiger partial charge in [0.2, 0.25) is 10.0 Å². The highest BCUT2D eigenvalue weighted by Crippen LogP contribution is 2.20. The average Bonchev–Trinajstić information content (AvgIpc) is 2.55. The van der Waals surface area contributed by atoms with Gasteiger partial charge in [-0.1, -0.05) is 19.9 Å². The average molecular weight is 370 g/mol. The second-order valence-electron chi connectivity index (χ2n) is 5.51. The van der Waals surface area contributed by atoms with Gasteiger partial charge in [-0.05, 0) is 38.5 Å². The van der Waals surface area contributed by atoms with Gasteiger partial charge in [-0.3, -0.25) is 4.79 Å². The number of carbonyl (C=O) groups is 2. The van der Waals surface area contributed by atoms with E-state index in [-0.39, 0.29) is 10.5 Å². The molecule has 1 atom stereocenters. The summed E-state index contributed by atoms with van der Waals surface area (Å²) in [6, 6.07) is 4.33. The number of likely N-dealkylation sites (N-methyl/N-ethyl adjacent to an activating group) is 1. The number of esters is 1. The highest BCUT2D eigenvalue weighted by Gasteiger charge is 2.25. The highest BCUT2D eigenvalue weighted by molar-refractivity contribution is 7.89. The third kappa shape index (κ3) is 5.02. The van der Waals surface area contributed by atoms with Crippen molar-refractivity contribution >= 4 is 21.9 Å². The zero-order valence-corrected chi connectivity index (χ0v) is 16.1. The number of carbonyl (C=O) groups excluding carboxylic acids is 2. The molecule has 0 saturated carbocycles. The molecule has 0 aromatic heterocycles. The van der Waals surface area contributed by atoms with Crippen molar-refractivity contribution in [1.29, 1.82) is 0 Å². The van der Waals surface area contributed by atoms with E-state index in [9.17, 15) is 18.0 Å². The van der Waals surface area contributed by atoms with Crippen LogP contribution in [0, 0.1) is 6.92 Å². The SMILES string of the molecule is CCNC(=O)[C@H](C)OC(=O)c1cc(S(=O)(=O)N(CC)CC)ccc1C. The van der Waals surface area contributed by atoms with E-state index >= 15 is 0 Å². The molecule has 0 bridgehead atoms. The first-order chi connectivity index (χ1) is 11.7. The molecule has 8 heteroatoms. The third-order valence-corrected chi connectivity index (χ3v) is 5.82. The van der Waals surface area contributed by atoms with Crippen LogP contribution < -0.4 is 5.32 Å². The number of benzene rings is 1. The van der Waals surface area contributed by atoms with Gasteiger partial charge in [-0.2, -0.15) is 4.31 Å². The van der Waals surface area contributed by atoms with Gasteiger partial charge in [0.05, 0.1) is 10.5 Å². The van der Waals surface area contributed by atoms with E-state index in [1.807, 2.05) is 0 Å². The maximum Gasteiger partial charge on any atom is 0.339 e. The van der Waals surface area contributed by atoms with E-state index in [4.69, 9.17) is 4.74 Å². The summed E-state index contributed by atoms with van der Waals surface area (Å²) >= 11 is 0. The molecule has 1 aromatic carbocycles. The summed E-state index contributed by atoms with van der Waals surface area (Å²) in [6.45, 7) is 9.50. The first kappa shape index (κ1) is 21.1. The molecule has 1 N–H and O–H groups in total. The van der Waals surface area contributed by atoms with E-state index in [1.54, 1.807) is 33.8 Å². The number of sulfonamides is 1. The Morgan fingerprint density at radius 1 is 1.20 bits per heavy atom. The fourth-order valence-electron chi connectivity index (χ4n) is 2.29. The molecule has 25 heavy (non-hydrogen) atoms. The van der Waals surface area contributed by atoms with E-state index in [0.717, 1.165) is 0 Å². The molecule has 0 aliphatic carbocycles. The number of ether oxygens (including phenoxy) is 1. The Labute approximate surface area is 149 Å². The molecule has 7 nitrogen and oxygen atoms in total. The topological polar surface area (TPSA) is 92.8 Å². The molecule has 0 spiro atoms. The summed E-state index contributed by atoms with van der Waals surface area (Å²) in [4.78, 5) is 24.1. The maximum atomic E-state index is 12.6. The van der Waals surface area contributed by atoms with Gasteiger partial charge in [0.25, 0.3) is 5.91 Å². The van der Waals surface area contributed by atoms with E-state index < -0.39 is 28.0 Å². The minimum Gasteiger partial charge on any atom is -0.449 e. The molecule has 140 valence electrons. The molecule has 1 amide bonds. The number of amides is 1. The largest absolute Gasteiger partial charge is 0.449 e. The number of hydrogen-bond acceptors (Lipinski definition) is 5. The quantitative estimate of drug-likeness (QED) is 0.703. The first-order valence-electron chi connectivity index (χ1n) is 8.28. The molecule has 0 heterocycles. The van der Waals surface area contributed by atoms with Crippen LogP contribution in [0.25, 0.3) is 0 Å². The Balaban J connectivity index is 3.13. The van der Waals surface area contributed by atoms with E-state index in [2.05, 4.69) is 5.32 Å². The minimum absolute atomic E-state index is 0.0272. The van der Waals surface area contributed by atoms with Crippen molar-refractivity contribution < 1.29 is 22.7 Å². The second-order valence-corrected chi connectivity index (χ2v) is 7.45. The summed E-state index contributed by atoms with van der Waals surface area (Å²) in [5, 5.41) is 2.56. The normalized spacial score (nSPS) is 12.7. The number of nitrogens with one attached hydrogen (secondary N) is 1. The molecule has 0 saturated heterocycles. The van der Waals surface area contributed by atoms with Crippen LogP contribution in [0.4, 0.5) is 0 Å². The van der Waals surface area contributed by atoms with Crippen LogP contribution in [-0.4, -0.2) is 50.3 Å². The molecule has 1 rings (SSSR count). The number of rotatable bonds is 8. The van der Waals surface area contributed by atoms with Crippen molar-refractivity contribution in [3.05, 3.63) is 29.3 Å². The summed E-state index contributed by atoms with van der Waals surface area (Å²) in [7, 11) is -3.68. The van der Waals surface area contributed by atoms with Crippen LogP contribution in [0.1, 0.15) is 43.6 Å². The van der Waals surface area contributed by atoms with E-state index in [0.29, 0.717) is 25.2 Å². The molecule has 0 unspecified atom stereocenters. The smallest absolute Gasteiger partial charge is 0.339 e. The van der Waals surface area contributed by atoms with Gasteiger partial charge < -0.3 is 10.1 Å². The number of hydrogen-bond donors (Lipinski definition) is 1. The zero-order chi connectivity index (χ0) is 19.2. The van der Waals surface area contributed by atoms with Gasteiger partial charge in [0, 0.05) is 19.6 Å². The zero-order valence-electron chi connectivity index (χ0n) is 15.3. The van der Waals surface area contributed by atoms with Crippen LogP contribution in [0.15, 0.2) is 23.1 Å². The minimum atomic E-state index is -3.68. The molecule has 0 radical (unpaired) electrons. The van der Waals surface area contributed by atoms with Crippen LogP contribution >= 0.6 is 0 Å². The third-order valence-electron chi connectivity index (χ3n) is 3.78. The van der Waals surface area contributed by atoms with Gasteiger partial charge in [-0.25, -0.2) is 13.2 Å². The van der Waals surface area contributed by atoms with E-state index in [1.165, 1.54) is 23.4 Å². The molecule has 0 aliphatic rings. The van der Waals surface area contributed by atoms with Crippen LogP contribution in [0.3, 0.4) is 0 Å². The van der Waals surface area contributed by atoms with Gasteiger partial charge >= 0.3 is 5.97 Å². The summed E-state index contributed by atoms with van der Waals surface area (Å²) in [5.41, 5.74) is 0.705. The van der Waals surface area contributed by atoms with Gasteiger partial charge in [-0.15, -0.1) is 0 Å². The Bertz CT molecular complexity index is 727. The molecular formula is C17H26N2O5S. The standard InChI is InChI=1S/C17H26N2O5S/c1-6-18-16(20)13(5)24-17(21)15-11-14(10-9-12(15)4)25(22,23)19(7-2)8-3/h9-11,13H,6-8H2,1-5H3,(H,18,20)/t13-/m0/s1. The molecule has 0 aliphatic heterocycles. The number of aryl methyl sites for hydroxylation is 1. The lowest BCUT2D eigenvalue weighted by molar-refractivity contribution is -0.128. The Hall–Kier alpha value is -1.93. The van der Waals surface area contributed by atoms with Crippen molar-refractivity contribution in [2.45, 2.75) is 45.6 Å². The second kappa shape index (κ2) is 8.96. The van der Waals surface area contributed by atoms with Crippen LogP contribution in [-0.2, 0) is 19.6 Å². The summed E-state index contributed by atoms with van der Waals surface area (Å²) in [6.07, 6.45) is -0.963. The molecular weight excluding hydrogens is 344 g/mol. The van der Waals surface area contributed by atoms with Crippen molar-refractivity contribution in [2.24, 2.45) is 0 Å². The molecule has 0 fully saturated rings. The fourth-order valence-corrected chi connectivity index (χ4v) is 3.77. The van der Waals surface area contributed by atoms with Crippen molar-refractivity contribution in [3.63, 3.8) is 0 Å². The van der Waals surface area contributed by atoms with Gasteiger partial charge in [0.1, 0.15) is 0 Å². The first-order valence-corrected chi connectivity index (χ1v) is 9.72. The molecule has 1 aromatic rings. The fraction of sp³-hybridized carbons (Fsp3) is 0.529. The van der Waals surface area contributed by atoms with Crippen molar-refractivity contribution in [2.75, 3.05) is 19.6 Å². The number of nitrogens with zero attached hydrogens (tertiary/aromatic N) is 1.